The fraction of sp³-hybridized carbons (Fsp3) is 0.556. The molecule has 2 aliphatic heterocycles. The minimum absolute atomic E-state index is 0.00435. The van der Waals surface area contributed by atoms with Gasteiger partial charge >= 0.3 is 6.18 Å². The predicted octanol–water partition coefficient (Wildman–Crippen LogP) is 2.00. The van der Waals surface area contributed by atoms with Gasteiger partial charge < -0.3 is 30.8 Å². The summed E-state index contributed by atoms with van der Waals surface area (Å²) in [6.45, 7) is -0.408. The summed E-state index contributed by atoms with van der Waals surface area (Å²) in [4.78, 5) is 57.4. The number of ketones is 1. The average molecular weight is 565 g/mol. The summed E-state index contributed by atoms with van der Waals surface area (Å²) in [5.74, 6) is -5.17. The third-order valence-electron chi connectivity index (χ3n) is 8.96. The Balaban J connectivity index is 1.63. The van der Waals surface area contributed by atoms with Gasteiger partial charge in [0.2, 0.25) is 11.8 Å². The van der Waals surface area contributed by atoms with Crippen LogP contribution in [0, 0.1) is 23.7 Å². The highest BCUT2D eigenvalue weighted by atomic mass is 19.4. The highest BCUT2D eigenvalue weighted by molar-refractivity contribution is 6.05. The van der Waals surface area contributed by atoms with Crippen molar-refractivity contribution in [2.75, 3.05) is 26.8 Å². The van der Waals surface area contributed by atoms with E-state index in [-0.39, 0.29) is 47.1 Å². The maximum atomic E-state index is 14.1. The number of H-pyrrole nitrogens is 1. The number of methoxy groups -OCH3 is 1. The number of carbonyl (C=O) groups is 4. The molecule has 1 aromatic carbocycles. The van der Waals surface area contributed by atoms with Crippen molar-refractivity contribution in [3.05, 3.63) is 29.5 Å². The van der Waals surface area contributed by atoms with E-state index in [1.807, 2.05) is 0 Å². The number of likely N-dealkylation sites (tertiary alicyclic amines) is 1. The van der Waals surface area contributed by atoms with Gasteiger partial charge in [-0.1, -0.05) is 6.42 Å². The lowest BCUT2D eigenvalue weighted by Crippen LogP contribution is -2.66. The van der Waals surface area contributed by atoms with Crippen LogP contribution in [0.2, 0.25) is 0 Å². The van der Waals surface area contributed by atoms with Gasteiger partial charge in [0.15, 0.2) is 5.78 Å². The zero-order valence-corrected chi connectivity index (χ0v) is 21.8. The lowest BCUT2D eigenvalue weighted by atomic mass is 9.67. The van der Waals surface area contributed by atoms with Gasteiger partial charge in [-0.15, -0.1) is 0 Å². The Morgan fingerprint density at radius 3 is 2.58 bits per heavy atom. The van der Waals surface area contributed by atoms with Crippen molar-refractivity contribution >= 4 is 34.4 Å². The van der Waals surface area contributed by atoms with Gasteiger partial charge in [0.25, 0.3) is 5.91 Å². The molecule has 0 spiro atoms. The van der Waals surface area contributed by atoms with Gasteiger partial charge in [-0.2, -0.15) is 13.2 Å². The quantitative estimate of drug-likeness (QED) is 0.385. The number of benzene rings is 1. The second kappa shape index (κ2) is 10.1. The molecule has 0 bridgehead atoms. The summed E-state index contributed by atoms with van der Waals surface area (Å²) >= 11 is 0. The molecule has 1 aromatic heterocycles. The van der Waals surface area contributed by atoms with Crippen LogP contribution in [0.4, 0.5) is 13.2 Å². The van der Waals surface area contributed by atoms with Crippen LogP contribution in [0.5, 0.6) is 5.75 Å². The van der Waals surface area contributed by atoms with Crippen molar-refractivity contribution in [2.24, 2.45) is 29.4 Å². The van der Waals surface area contributed by atoms with E-state index in [0.29, 0.717) is 25.8 Å². The number of aliphatic hydroxyl groups excluding tert-OH is 1. The topological polar surface area (TPSA) is 155 Å². The van der Waals surface area contributed by atoms with E-state index in [0.717, 1.165) is 18.6 Å². The van der Waals surface area contributed by atoms with Crippen molar-refractivity contribution in [3.63, 3.8) is 0 Å². The number of ether oxygens (including phenoxy) is 1. The maximum absolute atomic E-state index is 14.1. The molecule has 3 fully saturated rings. The number of aromatic nitrogens is 1. The highest BCUT2D eigenvalue weighted by Gasteiger charge is 2.65. The smallest absolute Gasteiger partial charge is 0.416 e. The van der Waals surface area contributed by atoms with E-state index in [9.17, 15) is 37.5 Å². The van der Waals surface area contributed by atoms with Gasteiger partial charge in [-0.05, 0) is 55.7 Å². The number of nitrogens with two attached hydrogens (primary N) is 1. The Hall–Kier alpha value is -3.61. The van der Waals surface area contributed by atoms with Crippen molar-refractivity contribution in [3.8, 4) is 5.75 Å². The fourth-order valence-electron chi connectivity index (χ4n) is 7.22. The van der Waals surface area contributed by atoms with Crippen molar-refractivity contribution in [1.82, 2.24) is 15.2 Å². The summed E-state index contributed by atoms with van der Waals surface area (Å²) in [6.07, 6.45) is -2.36. The number of fused-ring (bicyclic) bond motifs is 2. The summed E-state index contributed by atoms with van der Waals surface area (Å²) in [6, 6.07) is 3.05. The largest absolute Gasteiger partial charge is 0.496 e. The van der Waals surface area contributed by atoms with Gasteiger partial charge in [0, 0.05) is 24.4 Å². The summed E-state index contributed by atoms with van der Waals surface area (Å²) < 4.78 is 45.6. The average Bonchev–Trinajstić information content (AvgIpc) is 3.69. The van der Waals surface area contributed by atoms with Crippen LogP contribution < -0.4 is 15.8 Å². The number of carbonyl (C=O) groups excluding carboxylic acids is 4. The molecule has 5 atom stereocenters. The van der Waals surface area contributed by atoms with E-state index in [1.165, 1.54) is 18.1 Å². The summed E-state index contributed by atoms with van der Waals surface area (Å²) in [5.41, 5.74) is 3.17. The molecule has 2 aromatic rings. The number of hydrogen-bond acceptors (Lipinski definition) is 6. The molecule has 216 valence electrons. The van der Waals surface area contributed by atoms with Gasteiger partial charge in [0.05, 0.1) is 24.1 Å². The van der Waals surface area contributed by atoms with Gasteiger partial charge in [0.1, 0.15) is 23.6 Å². The number of alkyl halides is 3. The second-order valence-electron chi connectivity index (χ2n) is 10.9. The zero-order chi connectivity index (χ0) is 29.0. The molecule has 13 heteroatoms. The predicted molar refractivity (Wildman–Crippen MR) is 135 cm³/mol. The van der Waals surface area contributed by atoms with Gasteiger partial charge in [-0.3, -0.25) is 19.2 Å². The van der Waals surface area contributed by atoms with Crippen LogP contribution in [-0.4, -0.2) is 70.8 Å². The highest BCUT2D eigenvalue weighted by Crippen LogP contribution is 2.54. The standard InChI is InChI=1S/C27H31F3N4O6/c1-40-22-9-15(27(28,29)30)8-19-16(22)10-20(33-19)24(38)34-11-14-3-2-4-17(14)26(34,25(31)39)18(21(36)12-35)7-13-5-6-32-23(13)37/h8-10,13-14,17-18,33,35H,2-7,11-12H2,1H3,(H2,31,39)(H,32,37)/t13-,14?,17?,18-,26?/m1/s1. The first-order valence-electron chi connectivity index (χ1n) is 13.2. The van der Waals surface area contributed by atoms with E-state index < -0.39 is 59.2 Å². The molecule has 2 saturated heterocycles. The Morgan fingerprint density at radius 2 is 1.98 bits per heavy atom. The number of nitrogens with zero attached hydrogens (tertiary/aromatic N) is 1. The Bertz CT molecular complexity index is 1370. The number of halogens is 3. The molecule has 10 nitrogen and oxygen atoms in total. The number of primary amides is 1. The number of rotatable bonds is 8. The van der Waals surface area contributed by atoms with Crippen molar-refractivity contribution < 1.29 is 42.2 Å². The normalized spacial score (nSPS) is 27.1. The monoisotopic (exact) mass is 564 g/mol. The Morgan fingerprint density at radius 1 is 1.23 bits per heavy atom. The van der Waals surface area contributed by atoms with Crippen LogP contribution >= 0.6 is 0 Å². The SMILES string of the molecule is COc1cc(C(F)(F)F)cc2[nH]c(C(=O)N3CC4CCCC4C3(C(N)=O)[C@H](C[C@H]3CCNC3=O)C(=O)CO)cc12. The van der Waals surface area contributed by atoms with Crippen molar-refractivity contribution in [2.45, 2.75) is 43.8 Å². The van der Waals surface area contributed by atoms with Crippen molar-refractivity contribution in [1.29, 1.82) is 0 Å². The number of nitrogens with one attached hydrogen (secondary N) is 2. The van der Waals surface area contributed by atoms with Crippen LogP contribution in [0.25, 0.3) is 10.9 Å². The first kappa shape index (κ1) is 27.9. The number of aromatic amines is 1. The molecule has 1 aliphatic carbocycles. The van der Waals surface area contributed by atoms with Crippen LogP contribution in [-0.2, 0) is 20.6 Å². The molecule has 3 aliphatic rings. The van der Waals surface area contributed by atoms with E-state index in [2.05, 4.69) is 10.3 Å². The number of hydrogen-bond donors (Lipinski definition) is 4. The van der Waals surface area contributed by atoms with Crippen LogP contribution in [0.3, 0.4) is 0 Å². The van der Waals surface area contributed by atoms with Crippen LogP contribution in [0.1, 0.15) is 48.2 Å². The molecule has 40 heavy (non-hydrogen) atoms. The zero-order valence-electron chi connectivity index (χ0n) is 21.8. The molecule has 5 rings (SSSR count). The minimum atomic E-state index is -4.66. The molecule has 3 heterocycles. The molecule has 1 saturated carbocycles. The molecule has 3 unspecified atom stereocenters. The van der Waals surface area contributed by atoms with E-state index >= 15 is 0 Å². The number of Topliss-reactive ketones (excluding diaryl/α,β-unsaturated/α-hetero) is 1. The third-order valence-corrected chi connectivity index (χ3v) is 8.96. The van der Waals surface area contributed by atoms with Crippen LogP contribution in [0.15, 0.2) is 18.2 Å². The number of amides is 3. The first-order valence-corrected chi connectivity index (χ1v) is 13.2. The molecular weight excluding hydrogens is 533 g/mol. The molecule has 5 N–H and O–H groups in total. The first-order chi connectivity index (χ1) is 18.9. The van der Waals surface area contributed by atoms with Gasteiger partial charge in [-0.25, -0.2) is 0 Å². The lowest BCUT2D eigenvalue weighted by Gasteiger charge is -2.45. The summed E-state index contributed by atoms with van der Waals surface area (Å²) in [7, 11) is 1.22. The summed E-state index contributed by atoms with van der Waals surface area (Å²) in [5, 5.41) is 12.8. The fourth-order valence-corrected chi connectivity index (χ4v) is 7.22. The molecular formula is C27H31F3N4O6. The second-order valence-corrected chi connectivity index (χ2v) is 10.9. The lowest BCUT2D eigenvalue weighted by molar-refractivity contribution is -0.144. The number of aliphatic hydroxyl groups is 1. The molecule has 0 radical (unpaired) electrons. The third kappa shape index (κ3) is 4.30. The van der Waals surface area contributed by atoms with E-state index in [1.54, 1.807) is 0 Å². The molecule has 3 amide bonds. The Kier molecular flexibility index (Phi) is 7.05. The minimum Gasteiger partial charge on any atom is -0.496 e. The maximum Gasteiger partial charge on any atom is 0.416 e. The Labute approximate surface area is 227 Å². The van der Waals surface area contributed by atoms with E-state index in [4.69, 9.17) is 10.5 Å².